The number of hydrogen-bond donors (Lipinski definition) is 2. The third kappa shape index (κ3) is 3.21. The number of amides is 1. The molecule has 134 valence electrons. The first-order chi connectivity index (χ1) is 12.4. The van der Waals surface area contributed by atoms with Gasteiger partial charge in [-0.3, -0.25) is 4.79 Å². The standard InChI is InChI=1S/C18H20N6O2/c1-11(18(26)23(2)3)24-9-15(20-10-24)13-8-14(21-22-17(13)19)12-6-4-5-7-16(12)25/h4-11,25H,1-3H3,(H2,19,22). The number of para-hydroxylation sites is 1. The van der Waals surface area contributed by atoms with Gasteiger partial charge in [-0.25, -0.2) is 4.98 Å². The largest absolute Gasteiger partial charge is 0.507 e. The van der Waals surface area contributed by atoms with Crippen molar-refractivity contribution in [2.75, 3.05) is 19.8 Å². The summed E-state index contributed by atoms with van der Waals surface area (Å²) in [5.74, 6) is 0.291. The second kappa shape index (κ2) is 6.83. The molecule has 0 fully saturated rings. The highest BCUT2D eigenvalue weighted by Crippen LogP contribution is 2.31. The maximum absolute atomic E-state index is 12.1. The fraction of sp³-hybridized carbons (Fsp3) is 0.222. The normalized spacial score (nSPS) is 12.0. The number of hydrogen-bond acceptors (Lipinski definition) is 6. The van der Waals surface area contributed by atoms with Gasteiger partial charge in [0.2, 0.25) is 5.91 Å². The maximum Gasteiger partial charge on any atom is 0.244 e. The molecule has 0 spiro atoms. The highest BCUT2D eigenvalue weighted by molar-refractivity contribution is 5.80. The van der Waals surface area contributed by atoms with Crippen molar-refractivity contribution in [1.82, 2.24) is 24.6 Å². The quantitative estimate of drug-likeness (QED) is 0.742. The van der Waals surface area contributed by atoms with E-state index in [9.17, 15) is 9.90 Å². The molecule has 2 heterocycles. The number of anilines is 1. The van der Waals surface area contributed by atoms with Gasteiger partial charge in [-0.2, -0.15) is 0 Å². The van der Waals surface area contributed by atoms with E-state index in [0.29, 0.717) is 22.5 Å². The number of nitrogens with zero attached hydrogens (tertiary/aromatic N) is 5. The van der Waals surface area contributed by atoms with Crippen molar-refractivity contribution in [3.63, 3.8) is 0 Å². The SMILES string of the molecule is CC(C(=O)N(C)C)n1cnc(-c2cc(-c3ccccc3O)nnc2N)c1. The molecule has 8 nitrogen and oxygen atoms in total. The number of carbonyl (C=O) groups is 1. The fourth-order valence-electron chi connectivity index (χ4n) is 2.62. The van der Waals surface area contributed by atoms with E-state index in [-0.39, 0.29) is 23.5 Å². The molecule has 0 saturated heterocycles. The lowest BCUT2D eigenvalue weighted by atomic mass is 10.1. The molecule has 3 rings (SSSR count). The molecule has 0 aliphatic carbocycles. The molecule has 1 aromatic carbocycles. The molecule has 3 aromatic rings. The van der Waals surface area contributed by atoms with Crippen LogP contribution >= 0.6 is 0 Å². The van der Waals surface area contributed by atoms with Crippen molar-refractivity contribution in [3.05, 3.63) is 42.9 Å². The highest BCUT2D eigenvalue weighted by Gasteiger charge is 2.19. The average Bonchev–Trinajstić information content (AvgIpc) is 3.11. The number of imidazole rings is 1. The molecule has 1 atom stereocenters. The zero-order valence-corrected chi connectivity index (χ0v) is 14.8. The summed E-state index contributed by atoms with van der Waals surface area (Å²) in [4.78, 5) is 18.0. The lowest BCUT2D eigenvalue weighted by Gasteiger charge is -2.17. The highest BCUT2D eigenvalue weighted by atomic mass is 16.3. The van der Waals surface area contributed by atoms with Crippen LogP contribution in [0.15, 0.2) is 42.9 Å². The summed E-state index contributed by atoms with van der Waals surface area (Å²) >= 11 is 0. The Morgan fingerprint density at radius 1 is 1.19 bits per heavy atom. The number of nitrogen functional groups attached to an aromatic ring is 1. The molecule has 0 saturated carbocycles. The average molecular weight is 352 g/mol. The molecule has 0 radical (unpaired) electrons. The maximum atomic E-state index is 12.1. The molecular formula is C18H20N6O2. The topological polar surface area (TPSA) is 110 Å². The Morgan fingerprint density at radius 2 is 1.92 bits per heavy atom. The predicted molar refractivity (Wildman–Crippen MR) is 98.2 cm³/mol. The number of likely N-dealkylation sites (N-methyl/N-ethyl adjacent to an activating group) is 1. The molecule has 1 unspecified atom stereocenters. The number of phenolic OH excluding ortho intramolecular Hbond substituents is 1. The minimum Gasteiger partial charge on any atom is -0.507 e. The molecule has 2 aromatic heterocycles. The van der Waals surface area contributed by atoms with Gasteiger partial charge in [0.15, 0.2) is 5.82 Å². The fourth-order valence-corrected chi connectivity index (χ4v) is 2.62. The molecule has 8 heteroatoms. The Hall–Kier alpha value is -3.42. The van der Waals surface area contributed by atoms with E-state index in [0.717, 1.165) is 0 Å². The number of benzene rings is 1. The first-order valence-corrected chi connectivity index (χ1v) is 8.05. The Labute approximate surface area is 150 Å². The zero-order chi connectivity index (χ0) is 18.8. The molecule has 0 bridgehead atoms. The van der Waals surface area contributed by atoms with Crippen LogP contribution in [0, 0.1) is 0 Å². The molecule has 0 aliphatic heterocycles. The van der Waals surface area contributed by atoms with Crippen LogP contribution in [0.2, 0.25) is 0 Å². The lowest BCUT2D eigenvalue weighted by Crippen LogP contribution is -2.29. The molecule has 0 aliphatic rings. The van der Waals surface area contributed by atoms with Gasteiger partial charge in [-0.15, -0.1) is 10.2 Å². The molecule has 1 amide bonds. The van der Waals surface area contributed by atoms with Gasteiger partial charge in [-0.1, -0.05) is 12.1 Å². The van der Waals surface area contributed by atoms with Gasteiger partial charge < -0.3 is 20.3 Å². The summed E-state index contributed by atoms with van der Waals surface area (Å²) in [6, 6.07) is 8.19. The van der Waals surface area contributed by atoms with Crippen molar-refractivity contribution >= 4 is 11.7 Å². The van der Waals surface area contributed by atoms with Gasteiger partial charge in [0.1, 0.15) is 11.8 Å². The van der Waals surface area contributed by atoms with E-state index < -0.39 is 0 Å². The van der Waals surface area contributed by atoms with Gasteiger partial charge in [0.25, 0.3) is 0 Å². The number of nitrogens with two attached hydrogens (primary N) is 1. The van der Waals surface area contributed by atoms with Gasteiger partial charge in [0, 0.05) is 31.4 Å². The van der Waals surface area contributed by atoms with E-state index in [2.05, 4.69) is 15.2 Å². The third-order valence-electron chi connectivity index (χ3n) is 4.13. The number of phenols is 1. The summed E-state index contributed by atoms with van der Waals surface area (Å²) in [7, 11) is 3.42. The van der Waals surface area contributed by atoms with E-state index in [1.54, 1.807) is 68.4 Å². The Kier molecular flexibility index (Phi) is 4.57. The molecule has 3 N–H and O–H groups in total. The van der Waals surface area contributed by atoms with Crippen LogP contribution in [0.1, 0.15) is 13.0 Å². The second-order valence-electron chi connectivity index (χ2n) is 6.16. The minimum absolute atomic E-state index is 0.0373. The second-order valence-corrected chi connectivity index (χ2v) is 6.16. The number of aromatic nitrogens is 4. The first-order valence-electron chi connectivity index (χ1n) is 8.05. The number of carbonyl (C=O) groups excluding carboxylic acids is 1. The Morgan fingerprint density at radius 3 is 2.62 bits per heavy atom. The van der Waals surface area contributed by atoms with Crippen molar-refractivity contribution in [1.29, 1.82) is 0 Å². The molecule has 26 heavy (non-hydrogen) atoms. The smallest absolute Gasteiger partial charge is 0.244 e. The summed E-state index contributed by atoms with van der Waals surface area (Å²) in [5, 5.41) is 18.1. The van der Waals surface area contributed by atoms with E-state index in [1.807, 2.05) is 0 Å². The summed E-state index contributed by atoms with van der Waals surface area (Å²) in [6.07, 6.45) is 3.33. The van der Waals surface area contributed by atoms with Crippen molar-refractivity contribution < 1.29 is 9.90 Å². The predicted octanol–water partition coefficient (Wildman–Crippen LogP) is 1.94. The van der Waals surface area contributed by atoms with E-state index in [4.69, 9.17) is 5.73 Å². The first kappa shape index (κ1) is 17.4. The van der Waals surface area contributed by atoms with Gasteiger partial charge >= 0.3 is 0 Å². The van der Waals surface area contributed by atoms with Crippen LogP contribution in [0.25, 0.3) is 22.5 Å². The third-order valence-corrected chi connectivity index (χ3v) is 4.13. The molecular weight excluding hydrogens is 332 g/mol. The van der Waals surface area contributed by atoms with Crippen LogP contribution < -0.4 is 5.73 Å². The van der Waals surface area contributed by atoms with Crippen LogP contribution in [0.3, 0.4) is 0 Å². The van der Waals surface area contributed by atoms with Crippen molar-refractivity contribution in [2.24, 2.45) is 0 Å². The lowest BCUT2D eigenvalue weighted by molar-refractivity contribution is -0.131. The van der Waals surface area contributed by atoms with Crippen LogP contribution in [-0.4, -0.2) is 49.8 Å². The Balaban J connectivity index is 1.99. The summed E-state index contributed by atoms with van der Waals surface area (Å²) < 4.78 is 1.72. The van der Waals surface area contributed by atoms with Crippen LogP contribution in [0.4, 0.5) is 5.82 Å². The van der Waals surface area contributed by atoms with Gasteiger partial charge in [-0.05, 0) is 25.1 Å². The van der Waals surface area contributed by atoms with Crippen LogP contribution in [-0.2, 0) is 4.79 Å². The van der Waals surface area contributed by atoms with E-state index >= 15 is 0 Å². The van der Waals surface area contributed by atoms with Gasteiger partial charge in [0.05, 0.1) is 17.7 Å². The zero-order valence-electron chi connectivity index (χ0n) is 14.8. The summed E-state index contributed by atoms with van der Waals surface area (Å²) in [6.45, 7) is 1.80. The van der Waals surface area contributed by atoms with E-state index in [1.165, 1.54) is 4.90 Å². The van der Waals surface area contributed by atoms with Crippen LogP contribution in [0.5, 0.6) is 5.75 Å². The number of rotatable bonds is 4. The van der Waals surface area contributed by atoms with Crippen molar-refractivity contribution in [3.8, 4) is 28.3 Å². The van der Waals surface area contributed by atoms with Crippen molar-refractivity contribution in [2.45, 2.75) is 13.0 Å². The number of aromatic hydroxyl groups is 1. The minimum atomic E-state index is -0.389. The summed E-state index contributed by atoms with van der Waals surface area (Å²) in [5.41, 5.74) is 8.17. The monoisotopic (exact) mass is 352 g/mol. The Bertz CT molecular complexity index is 950.